The Morgan fingerprint density at radius 1 is 1.00 bits per heavy atom. The Bertz CT molecular complexity index is 1110. The van der Waals surface area contributed by atoms with Crippen molar-refractivity contribution >= 4 is 33.0 Å². The molecule has 25 heavy (non-hydrogen) atoms. The van der Waals surface area contributed by atoms with Crippen LogP contribution < -0.4 is 26.3 Å². The first-order valence-corrected chi connectivity index (χ1v) is 7.69. The van der Waals surface area contributed by atoms with Gasteiger partial charge in [-0.15, -0.1) is 0 Å². The SMILES string of the molecule is COc1ccc2cc3c4ccccc4cc[n+]3cc2c1OC(C)=O.[Cl-]. The van der Waals surface area contributed by atoms with E-state index < -0.39 is 0 Å². The van der Waals surface area contributed by atoms with E-state index in [0.717, 1.165) is 16.3 Å². The monoisotopic (exact) mass is 353 g/mol. The summed E-state index contributed by atoms with van der Waals surface area (Å²) in [6, 6.07) is 16.2. The zero-order valence-electron chi connectivity index (χ0n) is 13.8. The summed E-state index contributed by atoms with van der Waals surface area (Å²) in [4.78, 5) is 11.5. The van der Waals surface area contributed by atoms with Gasteiger partial charge in [0.2, 0.25) is 5.52 Å². The van der Waals surface area contributed by atoms with Crippen LogP contribution in [0, 0.1) is 0 Å². The van der Waals surface area contributed by atoms with Gasteiger partial charge in [-0.25, -0.2) is 0 Å². The highest BCUT2D eigenvalue weighted by atomic mass is 35.5. The lowest BCUT2D eigenvalue weighted by Gasteiger charge is -2.10. The van der Waals surface area contributed by atoms with Crippen LogP contribution >= 0.6 is 0 Å². The maximum absolute atomic E-state index is 11.5. The Morgan fingerprint density at radius 2 is 1.80 bits per heavy atom. The molecule has 0 atom stereocenters. The lowest BCUT2D eigenvalue weighted by atomic mass is 10.1. The van der Waals surface area contributed by atoms with Gasteiger partial charge in [0, 0.05) is 19.1 Å². The highest BCUT2D eigenvalue weighted by Crippen LogP contribution is 2.35. The molecule has 4 rings (SSSR count). The summed E-state index contributed by atoms with van der Waals surface area (Å²) < 4.78 is 12.8. The first-order chi connectivity index (χ1) is 11.7. The molecule has 0 aliphatic heterocycles. The van der Waals surface area contributed by atoms with Crippen LogP contribution in [0.3, 0.4) is 0 Å². The Kier molecular flexibility index (Phi) is 4.47. The number of methoxy groups -OCH3 is 1. The smallest absolute Gasteiger partial charge is 0.308 e. The minimum Gasteiger partial charge on any atom is -1.00 e. The van der Waals surface area contributed by atoms with Crippen molar-refractivity contribution in [2.45, 2.75) is 6.92 Å². The molecule has 0 amide bonds. The molecule has 0 saturated carbocycles. The zero-order valence-corrected chi connectivity index (χ0v) is 14.6. The van der Waals surface area contributed by atoms with Gasteiger partial charge in [-0.1, -0.05) is 18.2 Å². The molecule has 2 aromatic carbocycles. The Balaban J connectivity index is 0.00000182. The van der Waals surface area contributed by atoms with Gasteiger partial charge >= 0.3 is 5.97 Å². The third-order valence-corrected chi connectivity index (χ3v) is 4.15. The number of nitrogens with zero attached hydrogens (tertiary/aromatic N) is 1. The van der Waals surface area contributed by atoms with E-state index in [1.165, 1.54) is 17.7 Å². The van der Waals surface area contributed by atoms with Crippen molar-refractivity contribution in [1.29, 1.82) is 0 Å². The molecule has 5 heteroatoms. The average molecular weight is 354 g/mol. The number of hydrogen-bond donors (Lipinski definition) is 0. The Labute approximate surface area is 151 Å². The molecule has 0 spiro atoms. The second kappa shape index (κ2) is 6.57. The lowest BCUT2D eigenvalue weighted by molar-refractivity contribution is -0.509. The number of carbonyl (C=O) groups is 1. The number of hydrogen-bond acceptors (Lipinski definition) is 3. The third-order valence-electron chi connectivity index (χ3n) is 4.15. The average Bonchev–Trinajstić information content (AvgIpc) is 2.60. The number of esters is 1. The minimum absolute atomic E-state index is 0. The number of ether oxygens (including phenoxy) is 2. The van der Waals surface area contributed by atoms with Crippen LogP contribution in [0.5, 0.6) is 11.5 Å². The molecule has 0 aliphatic carbocycles. The summed E-state index contributed by atoms with van der Waals surface area (Å²) >= 11 is 0. The number of aromatic nitrogens is 1. The topological polar surface area (TPSA) is 39.6 Å². The van der Waals surface area contributed by atoms with Crippen molar-refractivity contribution in [2.75, 3.05) is 7.11 Å². The molecule has 0 bridgehead atoms. The molecule has 0 N–H and O–H groups in total. The normalized spacial score (nSPS) is 10.6. The summed E-state index contributed by atoms with van der Waals surface area (Å²) in [6.07, 6.45) is 3.98. The van der Waals surface area contributed by atoms with Crippen molar-refractivity contribution in [3.05, 3.63) is 60.9 Å². The Hall–Kier alpha value is -2.85. The van der Waals surface area contributed by atoms with E-state index in [1.54, 1.807) is 7.11 Å². The summed E-state index contributed by atoms with van der Waals surface area (Å²) in [5.41, 5.74) is 1.10. The molecule has 126 valence electrons. The molecular formula is C20H16ClNO3. The fraction of sp³-hybridized carbons (Fsp3) is 0.100. The van der Waals surface area contributed by atoms with E-state index in [2.05, 4.69) is 24.3 Å². The molecule has 2 aromatic heterocycles. The molecule has 0 radical (unpaired) electrons. The highest BCUT2D eigenvalue weighted by molar-refractivity contribution is 5.99. The van der Waals surface area contributed by atoms with E-state index in [-0.39, 0.29) is 18.4 Å². The maximum Gasteiger partial charge on any atom is 0.308 e. The van der Waals surface area contributed by atoms with Crippen molar-refractivity contribution < 1.29 is 31.1 Å². The van der Waals surface area contributed by atoms with E-state index >= 15 is 0 Å². The van der Waals surface area contributed by atoms with Crippen LogP contribution in [-0.2, 0) is 4.79 Å². The fourth-order valence-corrected chi connectivity index (χ4v) is 3.07. The van der Waals surface area contributed by atoms with Crippen LogP contribution in [0.4, 0.5) is 0 Å². The van der Waals surface area contributed by atoms with Crippen LogP contribution in [0.25, 0.3) is 27.1 Å². The van der Waals surface area contributed by atoms with E-state index in [9.17, 15) is 4.79 Å². The number of benzene rings is 2. The number of carbonyl (C=O) groups excluding carboxylic acids is 1. The van der Waals surface area contributed by atoms with Crippen LogP contribution in [0.2, 0.25) is 0 Å². The number of rotatable bonds is 2. The standard InChI is InChI=1S/C20H16NO3.ClH/c1-13(22)24-20-17-12-21-10-9-14-5-3-4-6-16(14)18(21)11-15(17)7-8-19(20)23-2;/h3-12H,1-2H3;1H/q+1;/p-1. The molecule has 0 aliphatic rings. The van der Waals surface area contributed by atoms with E-state index in [0.29, 0.717) is 11.5 Å². The number of fused-ring (bicyclic) bond motifs is 4. The molecule has 0 fully saturated rings. The predicted molar refractivity (Wildman–Crippen MR) is 92.5 cm³/mol. The van der Waals surface area contributed by atoms with Gasteiger partial charge in [-0.3, -0.25) is 4.79 Å². The summed E-state index contributed by atoms with van der Waals surface area (Å²) in [7, 11) is 1.57. The lowest BCUT2D eigenvalue weighted by Crippen LogP contribution is -3.00. The quantitative estimate of drug-likeness (QED) is 0.175. The second-order valence-electron chi connectivity index (χ2n) is 5.66. The third kappa shape index (κ3) is 2.85. The fourth-order valence-electron chi connectivity index (χ4n) is 3.07. The summed E-state index contributed by atoms with van der Waals surface area (Å²) in [6.45, 7) is 1.39. The maximum atomic E-state index is 11.5. The zero-order chi connectivity index (χ0) is 16.7. The van der Waals surface area contributed by atoms with Gasteiger partial charge in [0.15, 0.2) is 23.9 Å². The van der Waals surface area contributed by atoms with Crippen molar-refractivity contribution in [3.8, 4) is 11.5 Å². The van der Waals surface area contributed by atoms with E-state index in [1.807, 2.05) is 41.1 Å². The minimum atomic E-state index is -0.371. The van der Waals surface area contributed by atoms with Gasteiger partial charge in [0.05, 0.1) is 17.9 Å². The second-order valence-corrected chi connectivity index (χ2v) is 5.66. The van der Waals surface area contributed by atoms with Crippen molar-refractivity contribution in [3.63, 3.8) is 0 Å². The van der Waals surface area contributed by atoms with E-state index in [4.69, 9.17) is 9.47 Å². The van der Waals surface area contributed by atoms with Gasteiger partial charge in [0.25, 0.3) is 0 Å². The van der Waals surface area contributed by atoms with Gasteiger partial charge in [0.1, 0.15) is 0 Å². The highest BCUT2D eigenvalue weighted by Gasteiger charge is 2.17. The molecular weight excluding hydrogens is 338 g/mol. The number of pyridine rings is 2. The molecule has 2 heterocycles. The molecule has 4 aromatic rings. The predicted octanol–water partition coefficient (Wildman–Crippen LogP) is 0.670. The van der Waals surface area contributed by atoms with Gasteiger partial charge < -0.3 is 21.9 Å². The Morgan fingerprint density at radius 3 is 2.56 bits per heavy atom. The first-order valence-electron chi connectivity index (χ1n) is 7.69. The summed E-state index contributed by atoms with van der Waals surface area (Å²) in [5, 5.41) is 4.18. The molecule has 0 unspecified atom stereocenters. The summed E-state index contributed by atoms with van der Waals surface area (Å²) in [5.74, 6) is 0.618. The number of halogens is 1. The van der Waals surface area contributed by atoms with Crippen molar-refractivity contribution in [1.82, 2.24) is 0 Å². The largest absolute Gasteiger partial charge is 1.00 e. The van der Waals surface area contributed by atoms with Crippen LogP contribution in [0.15, 0.2) is 60.9 Å². The van der Waals surface area contributed by atoms with Crippen molar-refractivity contribution in [2.24, 2.45) is 0 Å². The van der Waals surface area contributed by atoms with Gasteiger partial charge in [-0.2, -0.15) is 4.40 Å². The van der Waals surface area contributed by atoms with Crippen LogP contribution in [0.1, 0.15) is 6.92 Å². The molecule has 0 saturated heterocycles. The van der Waals surface area contributed by atoms with Gasteiger partial charge in [-0.05, 0) is 29.0 Å². The first kappa shape index (κ1) is 17.0. The van der Waals surface area contributed by atoms with Crippen LogP contribution in [-0.4, -0.2) is 13.1 Å². The molecule has 4 nitrogen and oxygen atoms in total.